The van der Waals surface area contributed by atoms with Gasteiger partial charge < -0.3 is 50.2 Å². The van der Waals surface area contributed by atoms with Crippen LogP contribution in [-0.4, -0.2) is 84.4 Å². The number of halogens is 9. The number of alkyl halides is 3. The number of benzene rings is 4. The highest BCUT2D eigenvalue weighted by atomic mass is 35.5. The number of hydrogen-bond acceptors (Lipinski definition) is 10. The maximum absolute atomic E-state index is 13.4. The van der Waals surface area contributed by atoms with E-state index in [2.05, 4.69) is 16.0 Å². The van der Waals surface area contributed by atoms with Gasteiger partial charge >= 0.3 is 18.1 Å². The molecular formula is C50H55Cl4F5N4O11. The Morgan fingerprint density at radius 2 is 1.04 bits per heavy atom. The summed E-state index contributed by atoms with van der Waals surface area (Å²) < 4.78 is 79.6. The number of ether oxygens (including phenoxy) is 2. The number of carbonyl (C=O) groups is 5. The van der Waals surface area contributed by atoms with Gasteiger partial charge in [0, 0.05) is 55.9 Å². The van der Waals surface area contributed by atoms with Gasteiger partial charge in [-0.2, -0.15) is 13.2 Å². The number of aliphatic carboxylic acids is 1. The lowest BCUT2D eigenvalue weighted by Gasteiger charge is -2.29. The van der Waals surface area contributed by atoms with Crippen LogP contribution in [0, 0.1) is 23.5 Å². The van der Waals surface area contributed by atoms with E-state index in [-0.39, 0.29) is 74.6 Å². The summed E-state index contributed by atoms with van der Waals surface area (Å²) >= 11 is 22.9. The first-order valence-electron chi connectivity index (χ1n) is 22.7. The van der Waals surface area contributed by atoms with Crippen molar-refractivity contribution in [1.29, 1.82) is 0 Å². The van der Waals surface area contributed by atoms with Gasteiger partial charge in [0.05, 0.1) is 10.0 Å². The molecule has 0 bridgehead atoms. The molecule has 74 heavy (non-hydrogen) atoms. The van der Waals surface area contributed by atoms with Crippen LogP contribution in [-0.2, 0) is 14.4 Å². The van der Waals surface area contributed by atoms with Crippen molar-refractivity contribution in [3.8, 4) is 11.5 Å². The van der Waals surface area contributed by atoms with Gasteiger partial charge in [-0.15, -0.1) is 0 Å². The molecule has 0 unspecified atom stereocenters. The van der Waals surface area contributed by atoms with Crippen LogP contribution in [0.4, 0.5) is 22.0 Å². The molecule has 2 fully saturated rings. The highest BCUT2D eigenvalue weighted by Gasteiger charge is 2.38. The van der Waals surface area contributed by atoms with Gasteiger partial charge in [-0.1, -0.05) is 46.4 Å². The predicted octanol–water partition coefficient (Wildman–Crippen LogP) is 12.0. The maximum atomic E-state index is 13.4. The number of hydrogen-bond donors (Lipinski definition) is 6. The number of furan rings is 2. The zero-order valence-electron chi connectivity index (χ0n) is 38.9. The largest absolute Gasteiger partial charge is 0.490 e. The van der Waals surface area contributed by atoms with E-state index in [1.54, 1.807) is 42.5 Å². The summed E-state index contributed by atoms with van der Waals surface area (Å²) in [6.07, 6.45) is 2.28. The topological polar surface area (TPSA) is 233 Å². The number of carbonyl (C=O) groups excluding carboxylic acids is 3. The third-order valence-electron chi connectivity index (χ3n) is 11.5. The number of rotatable bonds is 13. The summed E-state index contributed by atoms with van der Waals surface area (Å²) in [7, 11) is 0. The summed E-state index contributed by atoms with van der Waals surface area (Å²) in [6, 6.07) is 21.7. The Balaban J connectivity index is 0.000000394. The Bertz CT molecular complexity index is 2910. The summed E-state index contributed by atoms with van der Waals surface area (Å²) in [4.78, 5) is 55.8. The minimum Gasteiger partial charge on any atom is -0.484 e. The predicted molar refractivity (Wildman–Crippen MR) is 272 cm³/mol. The molecule has 2 aliphatic rings. The molecule has 0 atom stereocenters. The molecule has 2 saturated carbocycles. The van der Waals surface area contributed by atoms with E-state index in [4.69, 9.17) is 85.5 Å². The molecule has 0 spiro atoms. The van der Waals surface area contributed by atoms with Crippen LogP contribution in [0.5, 0.6) is 11.5 Å². The van der Waals surface area contributed by atoms with Gasteiger partial charge in [-0.3, -0.25) is 14.4 Å². The van der Waals surface area contributed by atoms with Gasteiger partial charge in [-0.25, -0.2) is 18.4 Å². The second-order valence-corrected chi connectivity index (χ2v) is 18.6. The molecular weight excluding hydrogens is 1070 g/mol. The number of nitrogens with one attached hydrogen (secondary N) is 3. The molecule has 0 saturated heterocycles. The third kappa shape index (κ3) is 18.9. The quantitative estimate of drug-likeness (QED) is 0.0593. The molecule has 2 aliphatic carbocycles. The molecule has 2 heterocycles. The highest BCUT2D eigenvalue weighted by molar-refractivity contribution is 6.32. The summed E-state index contributed by atoms with van der Waals surface area (Å²) in [5.41, 5.74) is 6.78. The monoisotopic (exact) mass is 1120 g/mol. The summed E-state index contributed by atoms with van der Waals surface area (Å²) in [5, 5.41) is 27.2. The number of carboxylic acid groups (broad SMARTS) is 2. The molecule has 0 radical (unpaired) electrons. The number of carboxylic acids is 2. The van der Waals surface area contributed by atoms with Gasteiger partial charge in [0.1, 0.15) is 34.3 Å². The van der Waals surface area contributed by atoms with Gasteiger partial charge in [0.15, 0.2) is 19.0 Å². The number of aromatic carboxylic acids is 1. The number of amides is 3. The fraction of sp³-hybridized carbons (Fsp3) is 0.340. The average Bonchev–Trinajstić information content (AvgIpc) is 4.00. The third-order valence-corrected chi connectivity index (χ3v) is 12.5. The Morgan fingerprint density at radius 3 is 1.45 bits per heavy atom. The van der Waals surface area contributed by atoms with Crippen LogP contribution in [0.1, 0.15) is 76.8 Å². The minimum atomic E-state index is -5.08. The minimum absolute atomic E-state index is 0. The van der Waals surface area contributed by atoms with Gasteiger partial charge in [0.25, 0.3) is 17.7 Å². The molecule has 3 amide bonds. The number of fused-ring (bicyclic) bond motifs is 2. The normalized spacial score (nSPS) is 17.2. The van der Waals surface area contributed by atoms with E-state index < -0.39 is 29.7 Å². The Hall–Kier alpha value is -6.32. The summed E-state index contributed by atoms with van der Waals surface area (Å²) in [5.74, 6) is -4.06. The van der Waals surface area contributed by atoms with E-state index in [0.717, 1.165) is 62.8 Å². The van der Waals surface area contributed by atoms with Crippen LogP contribution in [0.15, 0.2) is 93.8 Å². The van der Waals surface area contributed by atoms with E-state index in [1.807, 2.05) is 0 Å². The molecule has 404 valence electrons. The van der Waals surface area contributed by atoms with Crippen molar-refractivity contribution >= 4 is 98.0 Å². The van der Waals surface area contributed by atoms with Crippen molar-refractivity contribution in [3.05, 3.63) is 128 Å². The van der Waals surface area contributed by atoms with Gasteiger partial charge in [-0.05, 0) is 143 Å². The first-order chi connectivity index (χ1) is 35.1. The fourth-order valence-electron chi connectivity index (χ4n) is 7.59. The van der Waals surface area contributed by atoms with Crippen LogP contribution in [0.3, 0.4) is 0 Å². The molecule has 4 aromatic carbocycles. The first-order valence-corrected chi connectivity index (χ1v) is 24.2. The van der Waals surface area contributed by atoms with Crippen LogP contribution >= 0.6 is 46.4 Å². The van der Waals surface area contributed by atoms with Crippen LogP contribution < -0.4 is 31.2 Å². The molecule has 8 rings (SSSR count). The SMILES string of the molecule is NCC1CCC(NC(=O)COc2ccc(Cl)c(F)c2)CC1.O=C(COc1ccc(Cl)c(F)c1)NC1CCC(CNC(=O)c2cc3cc(Cl)ccc3o2)CC1.O=C(O)C(F)(F)F.O=C(O)c1cc2cc(Cl)ccc2o1.[HH].[HH].[HH]. The maximum Gasteiger partial charge on any atom is 0.490 e. The van der Waals surface area contributed by atoms with Crippen molar-refractivity contribution in [3.63, 3.8) is 0 Å². The van der Waals surface area contributed by atoms with E-state index in [0.29, 0.717) is 57.3 Å². The van der Waals surface area contributed by atoms with Crippen molar-refractivity contribution in [2.45, 2.75) is 69.6 Å². The second kappa shape index (κ2) is 27.8. The Kier molecular flexibility index (Phi) is 22.0. The highest BCUT2D eigenvalue weighted by Crippen LogP contribution is 2.28. The molecule has 0 aliphatic heterocycles. The van der Waals surface area contributed by atoms with E-state index in [9.17, 15) is 41.1 Å². The van der Waals surface area contributed by atoms with Crippen LogP contribution in [0.2, 0.25) is 20.1 Å². The standard InChI is InChI=1S/C24H23Cl2FN2O4.C15H20ClFN2O2.C9H5ClO3.C2HF3O2.3H2/c25-16-3-8-21-15(9-16)10-22(33-21)24(31)28-12-14-1-4-17(5-2-14)29-23(30)13-32-18-6-7-19(26)20(27)11-18;16-13-6-5-12(7-14(13)17)21-9-15(20)19-11-3-1-10(8-18)2-4-11;10-6-1-2-7-5(3-6)4-8(13-7)9(11)12;3-2(4,5)1(6)7;;;/h3,6-11,14,17H,1-2,4-5,12-13H2,(H,28,31)(H,29,30);5-7,10-11H,1-4,8-9,18H2,(H,19,20);1-4H,(H,11,12);(H,6,7);3*1H. The lowest BCUT2D eigenvalue weighted by atomic mass is 9.86. The average molecular weight is 1120 g/mol. The fourth-order valence-corrected chi connectivity index (χ4v) is 8.19. The molecule has 6 aromatic rings. The Morgan fingerprint density at radius 1 is 0.622 bits per heavy atom. The lowest BCUT2D eigenvalue weighted by Crippen LogP contribution is -2.41. The van der Waals surface area contributed by atoms with Crippen molar-refractivity contribution in [1.82, 2.24) is 16.0 Å². The summed E-state index contributed by atoms with van der Waals surface area (Å²) in [6.45, 7) is 0.937. The van der Waals surface area contributed by atoms with E-state index in [1.165, 1.54) is 36.4 Å². The first kappa shape index (κ1) is 58.6. The second-order valence-electron chi connectivity index (χ2n) is 16.9. The van der Waals surface area contributed by atoms with Crippen LogP contribution in [0.25, 0.3) is 21.9 Å². The molecule has 2 aromatic heterocycles. The number of nitrogens with two attached hydrogens (primary N) is 1. The smallest absolute Gasteiger partial charge is 0.484 e. The molecule has 15 nitrogen and oxygen atoms in total. The zero-order chi connectivity index (χ0) is 54.1. The van der Waals surface area contributed by atoms with Crippen molar-refractivity contribution < 1.29 is 78.7 Å². The van der Waals surface area contributed by atoms with Crippen molar-refractivity contribution in [2.75, 3.05) is 26.3 Å². The molecule has 24 heteroatoms. The lowest BCUT2D eigenvalue weighted by molar-refractivity contribution is -0.192. The van der Waals surface area contributed by atoms with Gasteiger partial charge in [0.2, 0.25) is 5.76 Å². The Labute approximate surface area is 444 Å². The van der Waals surface area contributed by atoms with Crippen molar-refractivity contribution in [2.24, 2.45) is 17.6 Å². The van der Waals surface area contributed by atoms with E-state index >= 15 is 0 Å². The zero-order valence-corrected chi connectivity index (χ0v) is 41.9. The molecule has 7 N–H and O–H groups in total.